The molecular formula is C20H17BrN4OS2. The molecule has 0 radical (unpaired) electrons. The predicted octanol–water partition coefficient (Wildman–Crippen LogP) is 4.88. The standard InChI is InChI=1S/C20H17BrN4OS2/c21-13-5-7-15(8-6-13)24-10-9-22-19(24)27-12-14-11-18(26)25-16-3-1-2-4-17(16)28-20(25)23-14/h5-11H,1-4,12H2. The Labute approximate surface area is 178 Å². The largest absolute Gasteiger partial charge is 0.295 e. The second-order valence-electron chi connectivity index (χ2n) is 6.73. The van der Waals surface area contributed by atoms with E-state index >= 15 is 0 Å². The maximum absolute atomic E-state index is 12.7. The average Bonchev–Trinajstić information content (AvgIpc) is 3.31. The van der Waals surface area contributed by atoms with E-state index in [0.717, 1.165) is 45.2 Å². The van der Waals surface area contributed by atoms with Crippen molar-refractivity contribution in [2.24, 2.45) is 0 Å². The topological polar surface area (TPSA) is 52.2 Å². The lowest BCUT2D eigenvalue weighted by Gasteiger charge is -2.10. The molecular weight excluding hydrogens is 456 g/mol. The Kier molecular flexibility index (Phi) is 4.86. The molecule has 4 aromatic rings. The molecule has 0 amide bonds. The van der Waals surface area contributed by atoms with Crippen LogP contribution >= 0.6 is 39.0 Å². The Balaban J connectivity index is 1.42. The van der Waals surface area contributed by atoms with Crippen LogP contribution in [0, 0.1) is 0 Å². The van der Waals surface area contributed by atoms with Gasteiger partial charge in [-0.1, -0.05) is 27.7 Å². The van der Waals surface area contributed by atoms with Crippen molar-refractivity contribution in [2.45, 2.75) is 36.6 Å². The van der Waals surface area contributed by atoms with Gasteiger partial charge in [-0.25, -0.2) is 9.97 Å². The van der Waals surface area contributed by atoms with Gasteiger partial charge in [0.15, 0.2) is 10.1 Å². The zero-order valence-electron chi connectivity index (χ0n) is 15.0. The van der Waals surface area contributed by atoms with E-state index in [-0.39, 0.29) is 5.56 Å². The van der Waals surface area contributed by atoms with Crippen molar-refractivity contribution in [3.63, 3.8) is 0 Å². The van der Waals surface area contributed by atoms with E-state index in [4.69, 9.17) is 4.98 Å². The van der Waals surface area contributed by atoms with Crippen molar-refractivity contribution in [1.82, 2.24) is 18.9 Å². The summed E-state index contributed by atoms with van der Waals surface area (Å²) in [4.78, 5) is 24.1. The number of benzene rings is 1. The Morgan fingerprint density at radius 3 is 2.86 bits per heavy atom. The van der Waals surface area contributed by atoms with Crippen LogP contribution in [0.5, 0.6) is 0 Å². The van der Waals surface area contributed by atoms with Gasteiger partial charge in [0.1, 0.15) is 0 Å². The minimum Gasteiger partial charge on any atom is -0.295 e. The number of aryl methyl sites for hydroxylation is 2. The van der Waals surface area contributed by atoms with Gasteiger partial charge in [-0.05, 0) is 49.9 Å². The molecule has 1 aliphatic carbocycles. The molecule has 0 spiro atoms. The highest BCUT2D eigenvalue weighted by Crippen LogP contribution is 2.29. The first kappa shape index (κ1) is 18.1. The van der Waals surface area contributed by atoms with Crippen molar-refractivity contribution in [1.29, 1.82) is 0 Å². The fraction of sp³-hybridized carbons (Fsp3) is 0.250. The lowest BCUT2D eigenvalue weighted by molar-refractivity contribution is 0.670. The summed E-state index contributed by atoms with van der Waals surface area (Å²) in [7, 11) is 0. The highest BCUT2D eigenvalue weighted by Gasteiger charge is 2.18. The SMILES string of the molecule is O=c1cc(CSc2nccn2-c2ccc(Br)cc2)nc2sc3c(n12)CCCC3. The number of thiazole rings is 1. The zero-order valence-corrected chi connectivity index (χ0v) is 18.2. The molecule has 0 saturated carbocycles. The maximum Gasteiger partial charge on any atom is 0.259 e. The Morgan fingerprint density at radius 1 is 1.18 bits per heavy atom. The molecule has 0 saturated heterocycles. The highest BCUT2D eigenvalue weighted by atomic mass is 79.9. The third-order valence-electron chi connectivity index (χ3n) is 4.88. The van der Waals surface area contributed by atoms with Crippen LogP contribution < -0.4 is 5.56 Å². The number of aromatic nitrogens is 4. The first-order valence-electron chi connectivity index (χ1n) is 9.14. The summed E-state index contributed by atoms with van der Waals surface area (Å²) in [6.45, 7) is 0. The fourth-order valence-electron chi connectivity index (χ4n) is 3.55. The predicted molar refractivity (Wildman–Crippen MR) is 117 cm³/mol. The van der Waals surface area contributed by atoms with Gasteiger partial charge in [-0.2, -0.15) is 0 Å². The van der Waals surface area contributed by atoms with Crippen molar-refractivity contribution in [3.8, 4) is 5.69 Å². The summed E-state index contributed by atoms with van der Waals surface area (Å²) >= 11 is 6.73. The van der Waals surface area contributed by atoms with E-state index in [1.165, 1.54) is 17.0 Å². The highest BCUT2D eigenvalue weighted by molar-refractivity contribution is 9.10. The van der Waals surface area contributed by atoms with Crippen LogP contribution in [0.15, 0.2) is 57.1 Å². The Hall–Kier alpha value is -1.90. The molecule has 1 aliphatic rings. The number of rotatable bonds is 4. The normalized spacial score (nSPS) is 13.8. The second kappa shape index (κ2) is 7.50. The van der Waals surface area contributed by atoms with Crippen LogP contribution in [-0.2, 0) is 18.6 Å². The number of hydrogen-bond acceptors (Lipinski definition) is 5. The number of thioether (sulfide) groups is 1. The molecule has 0 bridgehead atoms. The molecule has 0 fully saturated rings. The molecule has 0 aliphatic heterocycles. The van der Waals surface area contributed by atoms with Crippen molar-refractivity contribution >= 4 is 44.0 Å². The Morgan fingerprint density at radius 2 is 2.00 bits per heavy atom. The molecule has 3 aromatic heterocycles. The van der Waals surface area contributed by atoms with E-state index in [2.05, 4.69) is 20.9 Å². The summed E-state index contributed by atoms with van der Waals surface area (Å²) < 4.78 is 4.91. The first-order valence-corrected chi connectivity index (χ1v) is 11.7. The van der Waals surface area contributed by atoms with Crippen molar-refractivity contribution in [2.75, 3.05) is 0 Å². The van der Waals surface area contributed by atoms with Crippen molar-refractivity contribution < 1.29 is 0 Å². The van der Waals surface area contributed by atoms with Gasteiger partial charge < -0.3 is 0 Å². The molecule has 8 heteroatoms. The third kappa shape index (κ3) is 3.33. The molecule has 0 N–H and O–H groups in total. The molecule has 5 rings (SSSR count). The quantitative estimate of drug-likeness (QED) is 0.397. The second-order valence-corrected chi connectivity index (χ2v) is 9.65. The van der Waals surface area contributed by atoms with Gasteiger partial charge >= 0.3 is 0 Å². The van der Waals surface area contributed by atoms with Gasteiger partial charge in [0.05, 0.1) is 5.69 Å². The molecule has 0 atom stereocenters. The monoisotopic (exact) mass is 472 g/mol. The van der Waals surface area contributed by atoms with Crippen LogP contribution in [-0.4, -0.2) is 18.9 Å². The fourth-order valence-corrected chi connectivity index (χ4v) is 5.91. The van der Waals surface area contributed by atoms with Gasteiger partial charge in [0.2, 0.25) is 0 Å². The molecule has 28 heavy (non-hydrogen) atoms. The smallest absolute Gasteiger partial charge is 0.259 e. The summed E-state index contributed by atoms with van der Waals surface area (Å²) in [5, 5.41) is 0.884. The molecule has 5 nitrogen and oxygen atoms in total. The minimum atomic E-state index is 0.0382. The summed E-state index contributed by atoms with van der Waals surface area (Å²) in [5.41, 5.74) is 3.07. The van der Waals surface area contributed by atoms with E-state index in [9.17, 15) is 4.79 Å². The van der Waals surface area contributed by atoms with Gasteiger partial charge in [-0.3, -0.25) is 13.8 Å². The van der Waals surface area contributed by atoms with E-state index in [0.29, 0.717) is 5.75 Å². The summed E-state index contributed by atoms with van der Waals surface area (Å²) in [6, 6.07) is 9.79. The molecule has 142 valence electrons. The average molecular weight is 473 g/mol. The van der Waals surface area contributed by atoms with E-state index < -0.39 is 0 Å². The number of nitrogens with zero attached hydrogens (tertiary/aromatic N) is 4. The number of imidazole rings is 1. The van der Waals surface area contributed by atoms with Gasteiger partial charge in [-0.15, -0.1) is 11.3 Å². The van der Waals surface area contributed by atoms with Crippen LogP contribution in [0.2, 0.25) is 0 Å². The van der Waals surface area contributed by atoms with E-state index in [1.807, 2.05) is 39.4 Å². The van der Waals surface area contributed by atoms with Gasteiger partial charge in [0.25, 0.3) is 5.56 Å². The number of hydrogen-bond donors (Lipinski definition) is 0. The molecule has 3 heterocycles. The summed E-state index contributed by atoms with van der Waals surface area (Å²) in [5.74, 6) is 0.613. The number of halogens is 1. The summed E-state index contributed by atoms with van der Waals surface area (Å²) in [6.07, 6.45) is 8.15. The lowest BCUT2D eigenvalue weighted by Crippen LogP contribution is -2.17. The van der Waals surface area contributed by atoms with Crippen molar-refractivity contribution in [3.05, 3.63) is 73.8 Å². The minimum absolute atomic E-state index is 0.0382. The number of fused-ring (bicyclic) bond motifs is 3. The van der Waals surface area contributed by atoms with Crippen LogP contribution in [0.1, 0.15) is 29.1 Å². The zero-order chi connectivity index (χ0) is 19.1. The van der Waals surface area contributed by atoms with E-state index in [1.54, 1.807) is 35.4 Å². The third-order valence-corrected chi connectivity index (χ3v) is 7.55. The van der Waals surface area contributed by atoms with Gasteiger partial charge in [0, 0.05) is 44.9 Å². The maximum atomic E-state index is 12.7. The Bertz CT molecular complexity index is 1210. The van der Waals surface area contributed by atoms with Crippen LogP contribution in [0.3, 0.4) is 0 Å². The lowest BCUT2D eigenvalue weighted by atomic mass is 10.0. The molecule has 1 aromatic carbocycles. The van der Waals surface area contributed by atoms with Crippen LogP contribution in [0.4, 0.5) is 0 Å². The van der Waals surface area contributed by atoms with Crippen LogP contribution in [0.25, 0.3) is 10.6 Å². The first-order chi connectivity index (χ1) is 13.7. The molecule has 0 unspecified atom stereocenters.